The zero-order valence-corrected chi connectivity index (χ0v) is 32.4. The van der Waals surface area contributed by atoms with Crippen LogP contribution in [-0.2, 0) is 41.7 Å². The number of carboxylic acids is 1. The molecule has 0 saturated carbocycles. The molecule has 2 aromatic carbocycles. The standard InChI is InChI=1S/C39H51ClN8O8/c1-24-12-14-25(15-13-24)23-47(2)37(54)29(10-7-18-42-39(41)56)45-35(52)31(20-26-22-43-28-9-4-3-8-27(26)28)46-36(53)32-11-5-6-19-48(32)38(55)30(16-17-34(50)51)44-33(49)21-40/h3-4,8-9,12-15,22,29-32,43H,5-7,10-11,16-21,23H2,1-2H3,(H,44,49)(H,45,52)(H,46,53)(H,50,51)(H3,41,42,56). The number of carbonyl (C=O) groups is 7. The number of hydrogen-bond acceptors (Lipinski definition) is 7. The Bertz CT molecular complexity index is 1870. The van der Waals surface area contributed by atoms with E-state index in [1.165, 1.54) is 9.80 Å². The molecule has 17 heteroatoms. The molecule has 8 N–H and O–H groups in total. The molecule has 4 atom stereocenters. The van der Waals surface area contributed by atoms with Crippen molar-refractivity contribution in [2.45, 2.75) is 89.0 Å². The van der Waals surface area contributed by atoms with Crippen LogP contribution in [0.4, 0.5) is 4.79 Å². The van der Waals surface area contributed by atoms with Crippen LogP contribution in [-0.4, -0.2) is 112 Å². The number of benzene rings is 2. The highest BCUT2D eigenvalue weighted by Gasteiger charge is 2.38. The summed E-state index contributed by atoms with van der Waals surface area (Å²) in [6, 6.07) is 9.93. The van der Waals surface area contributed by atoms with E-state index in [0.717, 1.165) is 27.6 Å². The van der Waals surface area contributed by atoms with Crippen LogP contribution < -0.4 is 27.0 Å². The largest absolute Gasteiger partial charge is 0.481 e. The normalized spacial score (nSPS) is 15.6. The molecule has 1 aliphatic heterocycles. The van der Waals surface area contributed by atoms with E-state index in [1.807, 2.05) is 55.5 Å². The van der Waals surface area contributed by atoms with Gasteiger partial charge in [-0.05, 0) is 62.6 Å². The second kappa shape index (κ2) is 20.9. The lowest BCUT2D eigenvalue weighted by Gasteiger charge is -2.37. The Morgan fingerprint density at radius 3 is 2.39 bits per heavy atom. The molecular weight excluding hydrogens is 744 g/mol. The Morgan fingerprint density at radius 2 is 1.70 bits per heavy atom. The molecule has 7 amide bonds. The number of aliphatic carboxylic acids is 1. The monoisotopic (exact) mass is 794 g/mol. The highest BCUT2D eigenvalue weighted by atomic mass is 35.5. The van der Waals surface area contributed by atoms with Gasteiger partial charge in [0.2, 0.25) is 29.5 Å². The van der Waals surface area contributed by atoms with Crippen LogP contribution in [0, 0.1) is 6.92 Å². The van der Waals surface area contributed by atoms with Crippen LogP contribution in [0.25, 0.3) is 10.9 Å². The third kappa shape index (κ3) is 12.4. The first-order valence-corrected chi connectivity index (χ1v) is 19.2. The Labute approximate surface area is 330 Å². The van der Waals surface area contributed by atoms with E-state index in [-0.39, 0.29) is 51.2 Å². The zero-order chi connectivity index (χ0) is 40.8. The van der Waals surface area contributed by atoms with Crippen LogP contribution in [0.2, 0.25) is 0 Å². The first-order valence-electron chi connectivity index (χ1n) is 18.6. The number of nitrogens with one attached hydrogen (secondary N) is 5. The molecule has 16 nitrogen and oxygen atoms in total. The van der Waals surface area contributed by atoms with Gasteiger partial charge >= 0.3 is 12.0 Å². The molecule has 1 fully saturated rings. The Kier molecular flexibility index (Phi) is 16.1. The number of likely N-dealkylation sites (tertiary alicyclic amines) is 1. The van der Waals surface area contributed by atoms with Crippen molar-refractivity contribution in [3.8, 4) is 0 Å². The summed E-state index contributed by atoms with van der Waals surface area (Å²) in [6.07, 6.45) is 3.02. The van der Waals surface area contributed by atoms with Gasteiger partial charge in [0, 0.05) is 56.6 Å². The minimum absolute atomic E-state index is 0.0264. The number of halogens is 1. The van der Waals surface area contributed by atoms with Gasteiger partial charge in [0.15, 0.2) is 0 Å². The van der Waals surface area contributed by atoms with Crippen molar-refractivity contribution in [2.75, 3.05) is 26.0 Å². The molecule has 0 aliphatic carbocycles. The van der Waals surface area contributed by atoms with Crippen molar-refractivity contribution in [1.82, 2.24) is 36.1 Å². The van der Waals surface area contributed by atoms with Crippen molar-refractivity contribution in [3.63, 3.8) is 0 Å². The smallest absolute Gasteiger partial charge is 0.312 e. The van der Waals surface area contributed by atoms with Gasteiger partial charge in [-0.25, -0.2) is 4.79 Å². The third-order valence-corrected chi connectivity index (χ3v) is 9.96. The van der Waals surface area contributed by atoms with E-state index in [1.54, 1.807) is 13.2 Å². The molecule has 3 aromatic rings. The predicted molar refractivity (Wildman–Crippen MR) is 209 cm³/mol. The number of piperidine rings is 1. The molecule has 56 heavy (non-hydrogen) atoms. The van der Waals surface area contributed by atoms with Gasteiger partial charge in [-0.15, -0.1) is 11.6 Å². The van der Waals surface area contributed by atoms with Gasteiger partial charge < -0.3 is 46.9 Å². The quantitative estimate of drug-likeness (QED) is 0.0699. The summed E-state index contributed by atoms with van der Waals surface area (Å²) in [5.74, 6) is -4.55. The number of likely N-dealkylation sites (N-methyl/N-ethyl adjacent to an activating group) is 1. The van der Waals surface area contributed by atoms with E-state index < -0.39 is 72.1 Å². The van der Waals surface area contributed by atoms with Gasteiger partial charge in [-0.2, -0.15) is 0 Å². The number of rotatable bonds is 19. The highest BCUT2D eigenvalue weighted by Crippen LogP contribution is 2.22. The molecule has 0 bridgehead atoms. The number of fused-ring (bicyclic) bond motifs is 1. The molecule has 2 heterocycles. The van der Waals surface area contributed by atoms with Crippen LogP contribution in [0.5, 0.6) is 0 Å². The van der Waals surface area contributed by atoms with Gasteiger partial charge in [0.25, 0.3) is 0 Å². The van der Waals surface area contributed by atoms with Gasteiger partial charge in [0.1, 0.15) is 30.0 Å². The first kappa shape index (κ1) is 43.1. The van der Waals surface area contributed by atoms with E-state index in [0.29, 0.717) is 19.3 Å². The summed E-state index contributed by atoms with van der Waals surface area (Å²) in [4.78, 5) is 97.2. The number of H-pyrrole nitrogens is 1. The summed E-state index contributed by atoms with van der Waals surface area (Å²) in [7, 11) is 1.63. The summed E-state index contributed by atoms with van der Waals surface area (Å²) >= 11 is 5.67. The number of urea groups is 1. The number of aromatic nitrogens is 1. The summed E-state index contributed by atoms with van der Waals surface area (Å²) in [5.41, 5.74) is 8.72. The number of aryl methyl sites for hydroxylation is 1. The number of amides is 7. The number of nitrogens with two attached hydrogens (primary N) is 1. The average molecular weight is 795 g/mol. The number of nitrogens with zero attached hydrogens (tertiary/aromatic N) is 2. The van der Waals surface area contributed by atoms with E-state index in [9.17, 15) is 38.7 Å². The Morgan fingerprint density at radius 1 is 0.964 bits per heavy atom. The van der Waals surface area contributed by atoms with E-state index in [4.69, 9.17) is 17.3 Å². The molecule has 302 valence electrons. The topological polar surface area (TPSA) is 236 Å². The lowest BCUT2D eigenvalue weighted by molar-refractivity contribution is -0.146. The summed E-state index contributed by atoms with van der Waals surface area (Å²) < 4.78 is 0. The van der Waals surface area contributed by atoms with Crippen molar-refractivity contribution in [1.29, 1.82) is 0 Å². The summed E-state index contributed by atoms with van der Waals surface area (Å²) in [6.45, 7) is 2.56. The van der Waals surface area contributed by atoms with Crippen molar-refractivity contribution in [2.24, 2.45) is 5.73 Å². The molecule has 1 aliphatic rings. The number of alkyl halides is 1. The maximum absolute atomic E-state index is 14.3. The number of carbonyl (C=O) groups excluding carboxylic acids is 6. The summed E-state index contributed by atoms with van der Waals surface area (Å²) in [5, 5.41) is 20.8. The maximum Gasteiger partial charge on any atom is 0.312 e. The molecule has 1 aromatic heterocycles. The van der Waals surface area contributed by atoms with Crippen LogP contribution >= 0.6 is 11.6 Å². The van der Waals surface area contributed by atoms with Crippen molar-refractivity contribution in [3.05, 3.63) is 71.4 Å². The number of aromatic amines is 1. The molecule has 4 unspecified atom stereocenters. The highest BCUT2D eigenvalue weighted by molar-refractivity contribution is 6.27. The van der Waals surface area contributed by atoms with Gasteiger partial charge in [-0.1, -0.05) is 48.0 Å². The van der Waals surface area contributed by atoms with Crippen LogP contribution in [0.3, 0.4) is 0 Å². The second-order valence-electron chi connectivity index (χ2n) is 14.0. The molecule has 4 rings (SSSR count). The molecule has 0 spiro atoms. The van der Waals surface area contributed by atoms with E-state index in [2.05, 4.69) is 26.3 Å². The van der Waals surface area contributed by atoms with Gasteiger partial charge in [0.05, 0.1) is 0 Å². The SMILES string of the molecule is Cc1ccc(CN(C)C(=O)C(CCCNC(N)=O)NC(=O)C(Cc2c[nH]c3ccccc23)NC(=O)C2CCCCN2C(=O)C(CCC(=O)O)NC(=O)CCl)cc1. The fourth-order valence-corrected chi connectivity index (χ4v) is 6.86. The molecule has 1 saturated heterocycles. The van der Waals surface area contributed by atoms with Crippen molar-refractivity contribution < 1.29 is 38.7 Å². The first-order chi connectivity index (χ1) is 26.8. The molecule has 0 radical (unpaired) electrons. The maximum atomic E-state index is 14.3. The predicted octanol–water partition coefficient (Wildman–Crippen LogP) is 2.07. The van der Waals surface area contributed by atoms with E-state index >= 15 is 0 Å². The number of para-hydroxylation sites is 1. The Hall–Kier alpha value is -5.64. The fraction of sp³-hybridized carbons (Fsp3) is 0.462. The lowest BCUT2D eigenvalue weighted by atomic mass is 9.97. The number of hydrogen-bond donors (Lipinski definition) is 7. The second-order valence-corrected chi connectivity index (χ2v) is 14.3. The Balaban J connectivity index is 1.61. The molecular formula is C39H51ClN8O8. The average Bonchev–Trinajstić information content (AvgIpc) is 3.59. The van der Waals surface area contributed by atoms with Gasteiger partial charge in [-0.3, -0.25) is 28.8 Å². The minimum Gasteiger partial charge on any atom is -0.481 e. The third-order valence-electron chi connectivity index (χ3n) is 9.72. The fourth-order valence-electron chi connectivity index (χ4n) is 6.78. The minimum atomic E-state index is -1.23. The number of primary amides is 1. The lowest BCUT2D eigenvalue weighted by Crippen LogP contribution is -2.60. The number of carboxylic acid groups (broad SMARTS) is 1. The van der Waals surface area contributed by atoms with Crippen LogP contribution in [0.15, 0.2) is 54.7 Å². The van der Waals surface area contributed by atoms with Crippen molar-refractivity contribution >= 4 is 64.0 Å². The van der Waals surface area contributed by atoms with Crippen LogP contribution in [0.1, 0.15) is 61.6 Å². The zero-order valence-electron chi connectivity index (χ0n) is 31.6.